The number of benzene rings is 1. The molecule has 8 heteroatoms. The van der Waals surface area contributed by atoms with Crippen molar-refractivity contribution in [2.75, 3.05) is 13.7 Å². The lowest BCUT2D eigenvalue weighted by molar-refractivity contribution is -0.140. The molecule has 1 fully saturated rings. The van der Waals surface area contributed by atoms with Crippen LogP contribution in [0.5, 0.6) is 5.75 Å². The van der Waals surface area contributed by atoms with Crippen molar-refractivity contribution in [1.82, 2.24) is 19.8 Å². The molecule has 7 nitrogen and oxygen atoms in total. The Kier molecular flexibility index (Phi) is 6.65. The van der Waals surface area contributed by atoms with Gasteiger partial charge >= 0.3 is 5.97 Å². The van der Waals surface area contributed by atoms with Crippen molar-refractivity contribution in [3.8, 4) is 11.4 Å². The number of methoxy groups -OCH3 is 1. The van der Waals surface area contributed by atoms with Gasteiger partial charge in [-0.2, -0.15) is 0 Å². The quantitative estimate of drug-likeness (QED) is 0.402. The number of aromatic hydroxyl groups is 1. The predicted molar refractivity (Wildman–Crippen MR) is 130 cm³/mol. The van der Waals surface area contributed by atoms with E-state index in [2.05, 4.69) is 32.8 Å². The summed E-state index contributed by atoms with van der Waals surface area (Å²) >= 11 is 5.72. The zero-order chi connectivity index (χ0) is 23.5. The van der Waals surface area contributed by atoms with Gasteiger partial charge in [0.25, 0.3) is 0 Å². The van der Waals surface area contributed by atoms with Crippen LogP contribution in [0.1, 0.15) is 47.6 Å². The number of carbonyl (C=O) groups is 1. The van der Waals surface area contributed by atoms with Crippen LogP contribution in [0.3, 0.4) is 0 Å². The van der Waals surface area contributed by atoms with Crippen LogP contribution in [0.4, 0.5) is 0 Å². The van der Waals surface area contributed by atoms with E-state index in [1.807, 2.05) is 43.3 Å². The average Bonchev–Trinajstić information content (AvgIpc) is 3.30. The maximum atomic E-state index is 11.7. The SMILES string of the molecule is COC(=O)CCCN1C(=S)N[C@@H](c2ccccn2)[C@@H]1c1cc(C)n(-c2ccccc2O)c1C. The first-order valence-electron chi connectivity index (χ1n) is 10.9. The van der Waals surface area contributed by atoms with Gasteiger partial charge in [-0.25, -0.2) is 0 Å². The summed E-state index contributed by atoms with van der Waals surface area (Å²) in [6, 6.07) is 15.1. The highest BCUT2D eigenvalue weighted by Gasteiger charge is 2.41. The number of hydrogen-bond donors (Lipinski definition) is 2. The first-order chi connectivity index (χ1) is 15.9. The van der Waals surface area contributed by atoms with Crippen molar-refractivity contribution >= 4 is 23.3 Å². The van der Waals surface area contributed by atoms with Crippen LogP contribution >= 0.6 is 12.2 Å². The number of phenols is 1. The molecule has 2 atom stereocenters. The molecule has 3 aromatic rings. The molecule has 0 radical (unpaired) electrons. The highest BCUT2D eigenvalue weighted by atomic mass is 32.1. The molecule has 0 amide bonds. The molecular weight excluding hydrogens is 436 g/mol. The molecule has 1 aliphatic rings. The van der Waals surface area contributed by atoms with Gasteiger partial charge in [0.1, 0.15) is 5.75 Å². The van der Waals surface area contributed by atoms with Gasteiger partial charge in [-0.15, -0.1) is 0 Å². The van der Waals surface area contributed by atoms with E-state index in [0.717, 1.165) is 28.3 Å². The number of aryl methyl sites for hydroxylation is 1. The Labute approximate surface area is 199 Å². The Balaban J connectivity index is 1.76. The molecular formula is C25H28N4O3S. The number of nitrogens with one attached hydrogen (secondary N) is 1. The number of phenolic OH excluding ortho intramolecular Hbond substituents is 1. The van der Waals surface area contributed by atoms with Crippen LogP contribution in [0.15, 0.2) is 54.7 Å². The van der Waals surface area contributed by atoms with E-state index in [-0.39, 0.29) is 23.8 Å². The van der Waals surface area contributed by atoms with Crippen LogP contribution in [-0.2, 0) is 9.53 Å². The van der Waals surface area contributed by atoms with Crippen LogP contribution < -0.4 is 5.32 Å². The first kappa shape index (κ1) is 22.8. The van der Waals surface area contributed by atoms with E-state index in [1.165, 1.54) is 7.11 Å². The van der Waals surface area contributed by atoms with Crippen LogP contribution in [0.2, 0.25) is 0 Å². The van der Waals surface area contributed by atoms with Crippen LogP contribution in [-0.4, -0.2) is 44.3 Å². The van der Waals surface area contributed by atoms with E-state index in [4.69, 9.17) is 17.0 Å². The molecule has 33 heavy (non-hydrogen) atoms. The first-order valence-corrected chi connectivity index (χ1v) is 11.3. The maximum Gasteiger partial charge on any atom is 0.305 e. The highest BCUT2D eigenvalue weighted by molar-refractivity contribution is 7.80. The van der Waals surface area contributed by atoms with Crippen LogP contribution in [0.25, 0.3) is 5.69 Å². The fourth-order valence-electron chi connectivity index (χ4n) is 4.59. The van der Waals surface area contributed by atoms with Crippen molar-refractivity contribution in [3.05, 3.63) is 77.4 Å². The van der Waals surface area contributed by atoms with Gasteiger partial charge in [-0.3, -0.25) is 9.78 Å². The minimum Gasteiger partial charge on any atom is -0.506 e. The molecule has 1 saturated heterocycles. The molecule has 3 heterocycles. The Morgan fingerprint density at radius 3 is 2.67 bits per heavy atom. The van der Waals surface area contributed by atoms with E-state index in [1.54, 1.807) is 12.3 Å². The van der Waals surface area contributed by atoms with Crippen molar-refractivity contribution in [3.63, 3.8) is 0 Å². The minimum absolute atomic E-state index is 0.115. The number of thiocarbonyl (C=S) groups is 1. The van der Waals surface area contributed by atoms with Gasteiger partial charge in [0.2, 0.25) is 0 Å². The standard InChI is InChI=1S/C25H28N4O3S/c1-16-15-18(17(2)29(16)20-10-4-5-11-21(20)30)24-23(19-9-6-7-13-26-19)27-25(33)28(24)14-8-12-22(31)32-3/h4-7,9-11,13,15,23-24,30H,8,12,14H2,1-3H3,(H,27,33)/t23-,24-/m0/s1. The molecule has 0 aliphatic carbocycles. The Morgan fingerprint density at radius 1 is 1.21 bits per heavy atom. The zero-order valence-corrected chi connectivity index (χ0v) is 19.8. The molecule has 0 bridgehead atoms. The number of hydrogen-bond acceptors (Lipinski definition) is 5. The number of nitrogens with zero attached hydrogens (tertiary/aromatic N) is 3. The lowest BCUT2D eigenvalue weighted by atomic mass is 9.96. The molecule has 0 saturated carbocycles. The number of pyridine rings is 1. The topological polar surface area (TPSA) is 79.6 Å². The fraction of sp³-hybridized carbons (Fsp3) is 0.320. The summed E-state index contributed by atoms with van der Waals surface area (Å²) in [7, 11) is 1.40. The van der Waals surface area contributed by atoms with Gasteiger partial charge in [0, 0.05) is 30.6 Å². The summed E-state index contributed by atoms with van der Waals surface area (Å²) < 4.78 is 6.86. The van der Waals surface area contributed by atoms with Crippen molar-refractivity contribution in [1.29, 1.82) is 0 Å². The molecule has 0 spiro atoms. The smallest absolute Gasteiger partial charge is 0.305 e. The lowest BCUT2D eigenvalue weighted by Crippen LogP contribution is -2.31. The van der Waals surface area contributed by atoms with Crippen molar-refractivity contribution in [2.45, 2.75) is 38.8 Å². The second-order valence-electron chi connectivity index (χ2n) is 8.15. The number of aromatic nitrogens is 2. The molecule has 172 valence electrons. The average molecular weight is 465 g/mol. The predicted octanol–water partition coefficient (Wildman–Crippen LogP) is 4.12. The molecule has 1 aromatic carbocycles. The summed E-state index contributed by atoms with van der Waals surface area (Å²) in [6.45, 7) is 4.69. The van der Waals surface area contributed by atoms with Gasteiger partial charge in [-0.1, -0.05) is 18.2 Å². The number of carbonyl (C=O) groups excluding carboxylic acids is 1. The third kappa shape index (κ3) is 4.43. The van der Waals surface area contributed by atoms with Crippen LogP contribution in [0, 0.1) is 13.8 Å². The second kappa shape index (κ2) is 9.62. The summed E-state index contributed by atoms with van der Waals surface area (Å²) in [5.74, 6) is -0.00856. The van der Waals surface area contributed by atoms with Gasteiger partial charge in [0.15, 0.2) is 5.11 Å². The van der Waals surface area contributed by atoms with Gasteiger partial charge in [0.05, 0.1) is 30.6 Å². The zero-order valence-electron chi connectivity index (χ0n) is 19.0. The molecule has 1 aliphatic heterocycles. The highest BCUT2D eigenvalue weighted by Crippen LogP contribution is 2.42. The van der Waals surface area contributed by atoms with Crippen molar-refractivity contribution in [2.24, 2.45) is 0 Å². The number of esters is 1. The second-order valence-corrected chi connectivity index (χ2v) is 8.54. The molecule has 2 aromatic heterocycles. The van der Waals surface area contributed by atoms with Crippen molar-refractivity contribution < 1.29 is 14.6 Å². The Hall–Kier alpha value is -3.39. The Bertz CT molecular complexity index is 1160. The van der Waals surface area contributed by atoms with E-state index < -0.39 is 0 Å². The number of ether oxygens (including phenoxy) is 1. The molecule has 4 rings (SSSR count). The number of para-hydroxylation sites is 2. The third-order valence-electron chi connectivity index (χ3n) is 6.12. The van der Waals surface area contributed by atoms with E-state index >= 15 is 0 Å². The normalized spacial score (nSPS) is 17.8. The third-order valence-corrected chi connectivity index (χ3v) is 6.47. The Morgan fingerprint density at radius 2 is 1.97 bits per heavy atom. The molecule has 2 N–H and O–H groups in total. The summed E-state index contributed by atoms with van der Waals surface area (Å²) in [5.41, 5.74) is 4.75. The van der Waals surface area contributed by atoms with E-state index in [9.17, 15) is 9.90 Å². The number of rotatable bonds is 7. The van der Waals surface area contributed by atoms with E-state index in [0.29, 0.717) is 24.5 Å². The fourth-order valence-corrected chi connectivity index (χ4v) is 4.92. The summed E-state index contributed by atoms with van der Waals surface area (Å²) in [5, 5.41) is 14.6. The van der Waals surface area contributed by atoms with Gasteiger partial charge in [-0.05, 0) is 68.4 Å². The summed E-state index contributed by atoms with van der Waals surface area (Å²) in [6.07, 6.45) is 2.73. The molecule has 0 unspecified atom stereocenters. The maximum absolute atomic E-state index is 11.7. The largest absolute Gasteiger partial charge is 0.506 e. The summed E-state index contributed by atoms with van der Waals surface area (Å²) in [4.78, 5) is 18.4. The van der Waals surface area contributed by atoms with Gasteiger partial charge < -0.3 is 24.6 Å². The minimum atomic E-state index is -0.233. The lowest BCUT2D eigenvalue weighted by Gasteiger charge is -2.28. The monoisotopic (exact) mass is 464 g/mol.